The molecule has 4 heteroatoms. The monoisotopic (exact) mass is 289 g/mol. The quantitative estimate of drug-likeness (QED) is 0.877. The van der Waals surface area contributed by atoms with E-state index in [-0.39, 0.29) is 0 Å². The van der Waals surface area contributed by atoms with Crippen molar-refractivity contribution in [3.05, 3.63) is 52.5 Å². The number of nitrogen functional groups attached to an aromatic ring is 1. The number of nitrogens with two attached hydrogens (primary N) is 1. The minimum absolute atomic E-state index is 0.548. The maximum atomic E-state index is 6.07. The number of benzene rings is 2. The first-order chi connectivity index (χ1) is 9.72. The fraction of sp³-hybridized carbons (Fsp3) is 0.250. The van der Waals surface area contributed by atoms with Crippen molar-refractivity contribution in [3.8, 4) is 11.5 Å². The Morgan fingerprint density at radius 2 is 2.10 bits per heavy atom. The lowest BCUT2D eigenvalue weighted by molar-refractivity contribution is 0.322. The second kappa shape index (κ2) is 5.63. The van der Waals surface area contributed by atoms with Crippen molar-refractivity contribution in [2.75, 3.05) is 18.9 Å². The van der Waals surface area contributed by atoms with Crippen LogP contribution in [0.25, 0.3) is 0 Å². The van der Waals surface area contributed by atoms with E-state index in [0.717, 1.165) is 25.2 Å². The third-order valence-electron chi connectivity index (χ3n) is 3.36. The van der Waals surface area contributed by atoms with Crippen LogP contribution in [-0.4, -0.2) is 13.2 Å². The molecule has 0 amide bonds. The average molecular weight is 290 g/mol. The Morgan fingerprint density at radius 1 is 1.20 bits per heavy atom. The zero-order valence-electron chi connectivity index (χ0n) is 11.1. The van der Waals surface area contributed by atoms with Crippen LogP contribution in [0.3, 0.4) is 0 Å². The van der Waals surface area contributed by atoms with Crippen LogP contribution in [0.5, 0.6) is 11.5 Å². The minimum atomic E-state index is 0.548. The number of rotatable bonds is 4. The number of halogens is 1. The molecule has 20 heavy (non-hydrogen) atoms. The molecule has 0 radical (unpaired) electrons. The SMILES string of the molecule is Nc1ccc(OCCc2ccc3c(c2)CCO3)c(Cl)c1. The summed E-state index contributed by atoms with van der Waals surface area (Å²) in [7, 11) is 0. The van der Waals surface area contributed by atoms with Crippen molar-refractivity contribution in [2.24, 2.45) is 0 Å². The van der Waals surface area contributed by atoms with Gasteiger partial charge in [-0.05, 0) is 35.4 Å². The van der Waals surface area contributed by atoms with Crippen LogP contribution in [0.15, 0.2) is 36.4 Å². The summed E-state index contributed by atoms with van der Waals surface area (Å²) in [5.74, 6) is 1.68. The van der Waals surface area contributed by atoms with E-state index in [9.17, 15) is 0 Å². The van der Waals surface area contributed by atoms with Crippen molar-refractivity contribution >= 4 is 17.3 Å². The van der Waals surface area contributed by atoms with E-state index < -0.39 is 0 Å². The predicted molar refractivity (Wildman–Crippen MR) is 80.7 cm³/mol. The van der Waals surface area contributed by atoms with Gasteiger partial charge in [-0.2, -0.15) is 0 Å². The first-order valence-electron chi connectivity index (χ1n) is 6.65. The summed E-state index contributed by atoms with van der Waals surface area (Å²) >= 11 is 6.07. The molecule has 1 heterocycles. The van der Waals surface area contributed by atoms with Crippen LogP contribution in [-0.2, 0) is 12.8 Å². The molecule has 0 aromatic heterocycles. The van der Waals surface area contributed by atoms with Gasteiger partial charge in [-0.3, -0.25) is 0 Å². The van der Waals surface area contributed by atoms with Gasteiger partial charge in [0.15, 0.2) is 0 Å². The van der Waals surface area contributed by atoms with Gasteiger partial charge in [0.25, 0.3) is 0 Å². The molecule has 2 aromatic rings. The van der Waals surface area contributed by atoms with Gasteiger partial charge < -0.3 is 15.2 Å². The summed E-state index contributed by atoms with van der Waals surface area (Å²) in [4.78, 5) is 0. The van der Waals surface area contributed by atoms with Gasteiger partial charge in [0.1, 0.15) is 11.5 Å². The highest BCUT2D eigenvalue weighted by molar-refractivity contribution is 6.32. The van der Waals surface area contributed by atoms with Gasteiger partial charge in [-0.1, -0.05) is 23.7 Å². The van der Waals surface area contributed by atoms with E-state index in [1.54, 1.807) is 18.2 Å². The predicted octanol–water partition coefficient (Wildman–Crippen LogP) is 3.48. The molecule has 1 aliphatic heterocycles. The van der Waals surface area contributed by atoms with Gasteiger partial charge in [0, 0.05) is 18.5 Å². The molecular weight excluding hydrogens is 274 g/mol. The van der Waals surface area contributed by atoms with Crippen molar-refractivity contribution in [3.63, 3.8) is 0 Å². The maximum Gasteiger partial charge on any atom is 0.138 e. The molecule has 0 aliphatic carbocycles. The topological polar surface area (TPSA) is 44.5 Å². The van der Waals surface area contributed by atoms with E-state index in [1.165, 1.54) is 11.1 Å². The van der Waals surface area contributed by atoms with Crippen molar-refractivity contribution < 1.29 is 9.47 Å². The molecule has 0 bridgehead atoms. The summed E-state index contributed by atoms with van der Waals surface area (Å²) in [6, 6.07) is 11.6. The average Bonchev–Trinajstić information content (AvgIpc) is 2.89. The van der Waals surface area contributed by atoms with E-state index in [4.69, 9.17) is 26.8 Å². The Bertz CT molecular complexity index is 628. The smallest absolute Gasteiger partial charge is 0.138 e. The van der Waals surface area contributed by atoms with Crippen LogP contribution in [0, 0.1) is 0 Å². The zero-order valence-corrected chi connectivity index (χ0v) is 11.8. The van der Waals surface area contributed by atoms with Gasteiger partial charge >= 0.3 is 0 Å². The highest BCUT2D eigenvalue weighted by atomic mass is 35.5. The summed E-state index contributed by atoms with van der Waals surface area (Å²) < 4.78 is 11.2. The fourth-order valence-electron chi connectivity index (χ4n) is 2.31. The van der Waals surface area contributed by atoms with E-state index in [0.29, 0.717) is 23.1 Å². The van der Waals surface area contributed by atoms with E-state index >= 15 is 0 Å². The van der Waals surface area contributed by atoms with E-state index in [2.05, 4.69) is 12.1 Å². The molecule has 3 rings (SSSR count). The van der Waals surface area contributed by atoms with Gasteiger partial charge in [-0.15, -0.1) is 0 Å². The largest absolute Gasteiger partial charge is 0.493 e. The number of fused-ring (bicyclic) bond motifs is 1. The summed E-state index contributed by atoms with van der Waals surface area (Å²) in [5.41, 5.74) is 8.82. The molecule has 104 valence electrons. The molecule has 1 aliphatic rings. The summed E-state index contributed by atoms with van der Waals surface area (Å²) in [6.45, 7) is 1.37. The Morgan fingerprint density at radius 3 is 2.95 bits per heavy atom. The van der Waals surface area contributed by atoms with Gasteiger partial charge in [0.2, 0.25) is 0 Å². The summed E-state index contributed by atoms with van der Waals surface area (Å²) in [5, 5.41) is 0.548. The molecule has 0 spiro atoms. The Balaban J connectivity index is 1.60. The molecule has 0 saturated carbocycles. The van der Waals surface area contributed by atoms with Crippen LogP contribution >= 0.6 is 11.6 Å². The lowest BCUT2D eigenvalue weighted by Gasteiger charge is -2.09. The first kappa shape index (κ1) is 13.1. The molecule has 0 fully saturated rings. The van der Waals surface area contributed by atoms with Gasteiger partial charge in [-0.25, -0.2) is 0 Å². The second-order valence-electron chi connectivity index (χ2n) is 4.83. The number of anilines is 1. The van der Waals surface area contributed by atoms with Crippen molar-refractivity contribution in [2.45, 2.75) is 12.8 Å². The molecular formula is C16H16ClNO2. The third kappa shape index (κ3) is 2.83. The third-order valence-corrected chi connectivity index (χ3v) is 3.65. The Kier molecular flexibility index (Phi) is 3.70. The highest BCUT2D eigenvalue weighted by Crippen LogP contribution is 2.28. The minimum Gasteiger partial charge on any atom is -0.493 e. The molecule has 2 aromatic carbocycles. The van der Waals surface area contributed by atoms with E-state index in [1.807, 2.05) is 6.07 Å². The maximum absolute atomic E-state index is 6.07. The van der Waals surface area contributed by atoms with Crippen molar-refractivity contribution in [1.29, 1.82) is 0 Å². The van der Waals surface area contributed by atoms with Crippen LogP contribution < -0.4 is 15.2 Å². The van der Waals surface area contributed by atoms with Gasteiger partial charge in [0.05, 0.1) is 18.2 Å². The number of ether oxygens (including phenoxy) is 2. The number of hydrogen-bond donors (Lipinski definition) is 1. The number of hydrogen-bond acceptors (Lipinski definition) is 3. The summed E-state index contributed by atoms with van der Waals surface area (Å²) in [6.07, 6.45) is 1.84. The Hall–Kier alpha value is -1.87. The Labute approximate surface area is 123 Å². The highest BCUT2D eigenvalue weighted by Gasteiger charge is 2.11. The standard InChI is InChI=1S/C16H16ClNO2/c17-14-10-13(18)2-4-16(14)20-7-5-11-1-3-15-12(9-11)6-8-19-15/h1-4,9-10H,5-8,18H2. The second-order valence-corrected chi connectivity index (χ2v) is 5.24. The first-order valence-corrected chi connectivity index (χ1v) is 7.02. The molecule has 3 nitrogen and oxygen atoms in total. The van der Waals surface area contributed by atoms with Crippen molar-refractivity contribution in [1.82, 2.24) is 0 Å². The lowest BCUT2D eigenvalue weighted by atomic mass is 10.1. The fourth-order valence-corrected chi connectivity index (χ4v) is 2.55. The molecule has 0 unspecified atom stereocenters. The van der Waals surface area contributed by atoms with Crippen LogP contribution in [0.2, 0.25) is 5.02 Å². The zero-order chi connectivity index (χ0) is 13.9. The lowest BCUT2D eigenvalue weighted by Crippen LogP contribution is -2.02. The molecule has 0 atom stereocenters. The molecule has 0 saturated heterocycles. The molecule has 2 N–H and O–H groups in total. The van der Waals surface area contributed by atoms with Crippen LogP contribution in [0.1, 0.15) is 11.1 Å². The van der Waals surface area contributed by atoms with Crippen LogP contribution in [0.4, 0.5) is 5.69 Å². The normalized spacial score (nSPS) is 12.8.